The van der Waals surface area contributed by atoms with E-state index in [2.05, 4.69) is 0 Å². The lowest BCUT2D eigenvalue weighted by molar-refractivity contribution is -0.146. The van der Waals surface area contributed by atoms with Crippen molar-refractivity contribution in [3.05, 3.63) is 0 Å². The summed E-state index contributed by atoms with van der Waals surface area (Å²) in [5.74, 6) is -1.19. The maximum absolute atomic E-state index is 13.2. The van der Waals surface area contributed by atoms with Crippen molar-refractivity contribution in [3.8, 4) is 0 Å². The minimum atomic E-state index is -3.51. The molecule has 3 fully saturated rings. The van der Waals surface area contributed by atoms with Crippen LogP contribution in [0, 0.1) is 5.92 Å². The van der Waals surface area contributed by atoms with Gasteiger partial charge >= 0.3 is 5.97 Å². The summed E-state index contributed by atoms with van der Waals surface area (Å²) >= 11 is 0. The maximum atomic E-state index is 13.2. The van der Waals surface area contributed by atoms with Crippen LogP contribution in [0.1, 0.15) is 58.8 Å². The largest absolute Gasteiger partial charge is 0.481 e. The first-order valence-electron chi connectivity index (χ1n) is 8.23. The van der Waals surface area contributed by atoms with Crippen LogP contribution in [0.3, 0.4) is 0 Å². The van der Waals surface area contributed by atoms with Crippen LogP contribution in [0.5, 0.6) is 0 Å². The molecule has 1 atom stereocenters. The Labute approximate surface area is 132 Å². The highest BCUT2D eigenvalue weighted by molar-refractivity contribution is 7.86. The van der Waals surface area contributed by atoms with Crippen molar-refractivity contribution < 1.29 is 18.3 Å². The fraction of sp³-hybridized carbons (Fsp3) is 0.933. The molecule has 0 aromatic rings. The van der Waals surface area contributed by atoms with Crippen molar-refractivity contribution in [3.63, 3.8) is 0 Å². The summed E-state index contributed by atoms with van der Waals surface area (Å²) in [7, 11) is -3.51. The summed E-state index contributed by atoms with van der Waals surface area (Å²) in [4.78, 5) is 11.3. The molecule has 0 aromatic heterocycles. The number of rotatable bonds is 3. The Morgan fingerprint density at radius 1 is 1.09 bits per heavy atom. The Morgan fingerprint density at radius 2 is 1.77 bits per heavy atom. The molecule has 6 nitrogen and oxygen atoms in total. The molecule has 22 heavy (non-hydrogen) atoms. The Morgan fingerprint density at radius 3 is 2.23 bits per heavy atom. The second kappa shape index (κ2) is 5.18. The lowest BCUT2D eigenvalue weighted by atomic mass is 9.68. The van der Waals surface area contributed by atoms with Gasteiger partial charge in [-0.2, -0.15) is 17.0 Å². The number of hydrogen-bond donors (Lipinski definition) is 1. The van der Waals surface area contributed by atoms with Crippen LogP contribution in [0.4, 0.5) is 0 Å². The maximum Gasteiger partial charge on any atom is 0.306 e. The standard InChI is InChI=1S/C15H26N2O4S/c1-14(2)6-4-9-16(14)22(20,21)17-10-5-12(13(18)19)11-15(17)7-3-8-15/h12H,3-11H2,1-2H3,(H,18,19). The van der Waals surface area contributed by atoms with Crippen LogP contribution in [0.2, 0.25) is 0 Å². The van der Waals surface area contributed by atoms with E-state index in [4.69, 9.17) is 0 Å². The van der Waals surface area contributed by atoms with Crippen molar-refractivity contribution in [2.75, 3.05) is 13.1 Å². The minimum Gasteiger partial charge on any atom is -0.481 e. The third kappa shape index (κ3) is 2.37. The minimum absolute atomic E-state index is 0.339. The predicted molar refractivity (Wildman–Crippen MR) is 82.6 cm³/mol. The van der Waals surface area contributed by atoms with Gasteiger partial charge in [-0.05, 0) is 58.8 Å². The van der Waals surface area contributed by atoms with Crippen LogP contribution in [-0.4, -0.2) is 52.3 Å². The summed E-state index contributed by atoms with van der Waals surface area (Å²) in [6.07, 6.45) is 5.24. The molecule has 0 aromatic carbocycles. The normalized spacial score (nSPS) is 32.0. The molecule has 1 unspecified atom stereocenters. The number of nitrogens with zero attached hydrogens (tertiary/aromatic N) is 2. The zero-order valence-corrected chi connectivity index (χ0v) is 14.2. The first kappa shape index (κ1) is 16.2. The van der Waals surface area contributed by atoms with Gasteiger partial charge in [-0.25, -0.2) is 0 Å². The molecule has 2 saturated heterocycles. The van der Waals surface area contributed by atoms with Gasteiger partial charge in [0.1, 0.15) is 0 Å². The van der Waals surface area contributed by atoms with E-state index in [0.717, 1.165) is 32.1 Å². The van der Waals surface area contributed by atoms with E-state index in [0.29, 0.717) is 25.9 Å². The van der Waals surface area contributed by atoms with Crippen LogP contribution < -0.4 is 0 Å². The first-order chi connectivity index (χ1) is 10.2. The van der Waals surface area contributed by atoms with Gasteiger partial charge < -0.3 is 5.11 Å². The van der Waals surface area contributed by atoms with Crippen molar-refractivity contribution in [1.29, 1.82) is 0 Å². The predicted octanol–water partition coefficient (Wildman–Crippen LogP) is 1.82. The Hall–Kier alpha value is -0.660. The topological polar surface area (TPSA) is 77.9 Å². The molecule has 0 radical (unpaired) electrons. The van der Waals surface area contributed by atoms with Crippen LogP contribution in [-0.2, 0) is 15.0 Å². The number of carbonyl (C=O) groups is 1. The monoisotopic (exact) mass is 330 g/mol. The summed E-state index contributed by atoms with van der Waals surface area (Å²) in [5, 5.41) is 9.30. The third-order valence-corrected chi connectivity index (χ3v) is 8.21. The molecule has 1 aliphatic carbocycles. The third-order valence-electron chi connectivity index (χ3n) is 5.85. The second-order valence-electron chi connectivity index (χ2n) is 7.67. The van der Waals surface area contributed by atoms with Gasteiger partial charge in [-0.3, -0.25) is 4.79 Å². The van der Waals surface area contributed by atoms with Gasteiger partial charge in [0.2, 0.25) is 0 Å². The molecule has 1 N–H and O–H groups in total. The first-order valence-corrected chi connectivity index (χ1v) is 9.62. The Kier molecular flexibility index (Phi) is 3.81. The number of carboxylic acids is 1. The number of aliphatic carboxylic acids is 1. The highest BCUT2D eigenvalue weighted by atomic mass is 32.2. The van der Waals surface area contributed by atoms with Crippen molar-refractivity contribution in [2.45, 2.75) is 69.9 Å². The van der Waals surface area contributed by atoms with Crippen LogP contribution >= 0.6 is 0 Å². The quantitative estimate of drug-likeness (QED) is 0.856. The van der Waals surface area contributed by atoms with E-state index in [1.165, 1.54) is 0 Å². The zero-order chi connectivity index (χ0) is 16.2. The highest BCUT2D eigenvalue weighted by Gasteiger charge is 2.55. The van der Waals surface area contributed by atoms with E-state index < -0.39 is 27.6 Å². The SMILES string of the molecule is CC1(C)CCCN1S(=O)(=O)N1CCC(C(=O)O)CC12CCC2. The van der Waals surface area contributed by atoms with E-state index in [1.807, 2.05) is 13.8 Å². The molecular formula is C15H26N2O4S. The van der Waals surface area contributed by atoms with E-state index >= 15 is 0 Å². The average Bonchev–Trinajstić information content (AvgIpc) is 2.76. The van der Waals surface area contributed by atoms with Crippen molar-refractivity contribution in [1.82, 2.24) is 8.61 Å². The molecule has 2 heterocycles. The average molecular weight is 330 g/mol. The molecule has 7 heteroatoms. The fourth-order valence-electron chi connectivity index (χ4n) is 4.41. The molecular weight excluding hydrogens is 304 g/mol. The lowest BCUT2D eigenvalue weighted by Gasteiger charge is -2.54. The van der Waals surface area contributed by atoms with Crippen molar-refractivity contribution >= 4 is 16.2 Å². The highest BCUT2D eigenvalue weighted by Crippen LogP contribution is 2.49. The molecule has 3 aliphatic rings. The van der Waals surface area contributed by atoms with Crippen LogP contribution in [0.15, 0.2) is 0 Å². The Bertz CT molecular complexity index is 568. The smallest absolute Gasteiger partial charge is 0.306 e. The zero-order valence-electron chi connectivity index (χ0n) is 13.4. The van der Waals surface area contributed by atoms with Gasteiger partial charge in [-0.15, -0.1) is 0 Å². The van der Waals surface area contributed by atoms with E-state index in [1.54, 1.807) is 8.61 Å². The summed E-state index contributed by atoms with van der Waals surface area (Å²) in [5.41, 5.74) is -0.785. The van der Waals surface area contributed by atoms with Gasteiger partial charge in [0.25, 0.3) is 10.2 Å². The van der Waals surface area contributed by atoms with E-state index in [9.17, 15) is 18.3 Å². The van der Waals surface area contributed by atoms with Crippen molar-refractivity contribution in [2.24, 2.45) is 5.92 Å². The van der Waals surface area contributed by atoms with Crippen LogP contribution in [0.25, 0.3) is 0 Å². The van der Waals surface area contributed by atoms with Gasteiger partial charge in [0, 0.05) is 24.2 Å². The van der Waals surface area contributed by atoms with Gasteiger partial charge in [-0.1, -0.05) is 0 Å². The lowest BCUT2D eigenvalue weighted by Crippen LogP contribution is -2.64. The second-order valence-corrected chi connectivity index (χ2v) is 9.45. The molecule has 0 amide bonds. The summed E-state index contributed by atoms with van der Waals surface area (Å²) < 4.78 is 29.7. The summed E-state index contributed by atoms with van der Waals surface area (Å²) in [6.45, 7) is 4.88. The molecule has 0 bridgehead atoms. The number of hydrogen-bond acceptors (Lipinski definition) is 3. The molecule has 126 valence electrons. The molecule has 2 aliphatic heterocycles. The Balaban J connectivity index is 1.89. The van der Waals surface area contributed by atoms with E-state index in [-0.39, 0.29) is 5.54 Å². The van der Waals surface area contributed by atoms with Gasteiger partial charge in [0.05, 0.1) is 5.92 Å². The number of piperidine rings is 1. The van der Waals surface area contributed by atoms with Gasteiger partial charge in [0.15, 0.2) is 0 Å². The molecule has 1 spiro atoms. The molecule has 3 rings (SSSR count). The molecule has 1 saturated carbocycles. The fourth-order valence-corrected chi connectivity index (χ4v) is 6.81. The summed E-state index contributed by atoms with van der Waals surface area (Å²) in [6, 6.07) is 0. The number of carboxylic acid groups (broad SMARTS) is 1.